The second-order valence-corrected chi connectivity index (χ2v) is 4.58. The molecular weight excluding hydrogens is 235 g/mol. The molecule has 1 aromatic rings. The number of hydrogen-bond acceptors (Lipinski definition) is 3. The first-order valence-electron chi connectivity index (χ1n) is 5.71. The van der Waals surface area contributed by atoms with Gasteiger partial charge in [-0.25, -0.2) is 4.39 Å². The first kappa shape index (κ1) is 12.5. The highest BCUT2D eigenvalue weighted by molar-refractivity contribution is 5.67. The number of carbonyl (C=O) groups is 1. The normalized spacial score (nSPS) is 16.0. The fourth-order valence-corrected chi connectivity index (χ4v) is 2.20. The average molecular weight is 248 g/mol. The zero-order valence-corrected chi connectivity index (χ0v) is 9.77. The molecule has 0 aliphatic carbocycles. The van der Waals surface area contributed by atoms with E-state index in [1.807, 2.05) is 6.07 Å². The molecule has 1 N–H and O–H groups in total. The summed E-state index contributed by atoms with van der Waals surface area (Å²) in [6.45, 7) is 2.11. The molecule has 2 rings (SSSR count). The topological polar surface area (TPSA) is 64.3 Å². The molecule has 0 bridgehead atoms. The van der Waals surface area contributed by atoms with Crippen molar-refractivity contribution in [2.75, 3.05) is 13.1 Å². The molecule has 1 heterocycles. The number of likely N-dealkylation sites (tertiary alicyclic amines) is 1. The monoisotopic (exact) mass is 248 g/mol. The van der Waals surface area contributed by atoms with Gasteiger partial charge >= 0.3 is 5.97 Å². The number of halogens is 1. The van der Waals surface area contributed by atoms with E-state index in [4.69, 9.17) is 10.4 Å². The summed E-state index contributed by atoms with van der Waals surface area (Å²) < 4.78 is 13.1. The van der Waals surface area contributed by atoms with E-state index in [1.165, 1.54) is 6.07 Å². The number of hydrogen-bond donors (Lipinski definition) is 1. The first-order valence-corrected chi connectivity index (χ1v) is 5.71. The van der Waals surface area contributed by atoms with Crippen LogP contribution >= 0.6 is 0 Å². The van der Waals surface area contributed by atoms with E-state index >= 15 is 0 Å². The van der Waals surface area contributed by atoms with Crippen LogP contribution in [-0.2, 0) is 11.3 Å². The van der Waals surface area contributed by atoms with Crippen LogP contribution in [0.2, 0.25) is 0 Å². The van der Waals surface area contributed by atoms with Crippen LogP contribution in [0.1, 0.15) is 17.5 Å². The largest absolute Gasteiger partial charge is 0.481 e. The number of aliphatic carboxylic acids is 1. The molecule has 5 heteroatoms. The Morgan fingerprint density at radius 3 is 2.89 bits per heavy atom. The highest BCUT2D eigenvalue weighted by atomic mass is 19.1. The van der Waals surface area contributed by atoms with Gasteiger partial charge in [0, 0.05) is 19.6 Å². The highest BCUT2D eigenvalue weighted by Crippen LogP contribution is 2.22. The Morgan fingerprint density at radius 1 is 1.56 bits per heavy atom. The summed E-state index contributed by atoms with van der Waals surface area (Å²) >= 11 is 0. The van der Waals surface area contributed by atoms with Crippen molar-refractivity contribution in [3.63, 3.8) is 0 Å². The van der Waals surface area contributed by atoms with Crippen molar-refractivity contribution in [3.8, 4) is 6.07 Å². The Hall–Kier alpha value is -1.93. The zero-order chi connectivity index (χ0) is 13.1. The summed E-state index contributed by atoms with van der Waals surface area (Å²) in [5.74, 6) is -1.07. The second-order valence-electron chi connectivity index (χ2n) is 4.58. The number of carboxylic acids is 1. The molecule has 1 saturated heterocycles. The first-order chi connectivity index (χ1) is 8.58. The average Bonchev–Trinajstić information content (AvgIpc) is 2.28. The van der Waals surface area contributed by atoms with Crippen molar-refractivity contribution in [2.45, 2.75) is 13.0 Å². The molecule has 0 unspecified atom stereocenters. The minimum Gasteiger partial charge on any atom is -0.481 e. The Bertz CT molecular complexity index is 504. The Labute approximate surface area is 104 Å². The molecule has 1 aliphatic rings. The second kappa shape index (κ2) is 5.15. The third kappa shape index (κ3) is 2.84. The smallest absolute Gasteiger partial charge is 0.303 e. The lowest BCUT2D eigenvalue weighted by Gasteiger charge is -2.38. The van der Waals surface area contributed by atoms with Crippen LogP contribution in [0.15, 0.2) is 18.2 Å². The molecular formula is C13H13FN2O2. The van der Waals surface area contributed by atoms with Gasteiger partial charge in [-0.1, -0.05) is 6.07 Å². The molecule has 94 valence electrons. The van der Waals surface area contributed by atoms with Crippen LogP contribution in [0.5, 0.6) is 0 Å². The molecule has 0 saturated carbocycles. The van der Waals surface area contributed by atoms with Gasteiger partial charge in [-0.2, -0.15) is 5.26 Å². The van der Waals surface area contributed by atoms with Crippen molar-refractivity contribution in [2.24, 2.45) is 5.92 Å². The van der Waals surface area contributed by atoms with Gasteiger partial charge in [0.25, 0.3) is 0 Å². The van der Waals surface area contributed by atoms with Crippen molar-refractivity contribution in [1.82, 2.24) is 4.90 Å². The number of rotatable bonds is 4. The number of nitriles is 1. The third-order valence-electron chi connectivity index (χ3n) is 3.05. The van der Waals surface area contributed by atoms with Gasteiger partial charge in [0.05, 0.1) is 12.0 Å². The van der Waals surface area contributed by atoms with Crippen molar-refractivity contribution in [3.05, 3.63) is 35.1 Å². The molecule has 0 radical (unpaired) electrons. The molecule has 0 amide bonds. The van der Waals surface area contributed by atoms with Crippen LogP contribution in [0.4, 0.5) is 4.39 Å². The third-order valence-corrected chi connectivity index (χ3v) is 3.05. The van der Waals surface area contributed by atoms with Gasteiger partial charge in [0.15, 0.2) is 0 Å². The molecule has 0 aromatic heterocycles. The molecule has 0 spiro atoms. The van der Waals surface area contributed by atoms with Crippen LogP contribution in [0.25, 0.3) is 0 Å². The molecule has 1 fully saturated rings. The number of benzene rings is 1. The molecule has 0 atom stereocenters. The lowest BCUT2D eigenvalue weighted by atomic mass is 9.95. The lowest BCUT2D eigenvalue weighted by molar-refractivity contribution is -0.139. The van der Waals surface area contributed by atoms with E-state index < -0.39 is 11.8 Å². The summed E-state index contributed by atoms with van der Waals surface area (Å²) in [7, 11) is 0. The van der Waals surface area contributed by atoms with Crippen LogP contribution in [0, 0.1) is 23.1 Å². The number of carboxylic acid groups (broad SMARTS) is 1. The molecule has 4 nitrogen and oxygen atoms in total. The summed E-state index contributed by atoms with van der Waals surface area (Å²) in [4.78, 5) is 12.6. The highest BCUT2D eigenvalue weighted by Gasteiger charge is 2.28. The summed E-state index contributed by atoms with van der Waals surface area (Å²) in [5, 5.41) is 17.3. The van der Waals surface area contributed by atoms with E-state index in [0.29, 0.717) is 6.54 Å². The Balaban J connectivity index is 1.89. The van der Waals surface area contributed by atoms with Crippen LogP contribution in [0.3, 0.4) is 0 Å². The SMILES string of the molecule is N#Cc1cc(CN2CC(CC(=O)O)C2)ccc1F. The maximum Gasteiger partial charge on any atom is 0.303 e. The molecule has 1 aromatic carbocycles. The van der Waals surface area contributed by atoms with Crippen molar-refractivity contribution < 1.29 is 14.3 Å². The maximum absolute atomic E-state index is 13.1. The maximum atomic E-state index is 13.1. The Kier molecular flexibility index (Phi) is 3.58. The van der Waals surface area contributed by atoms with Gasteiger partial charge in [-0.05, 0) is 23.6 Å². The van der Waals surface area contributed by atoms with Gasteiger partial charge < -0.3 is 5.11 Å². The quantitative estimate of drug-likeness (QED) is 0.879. The standard InChI is InChI=1S/C13H13FN2O2/c14-12-2-1-9(3-11(12)5-15)6-16-7-10(8-16)4-13(17)18/h1-3,10H,4,6-8H2,(H,17,18). The summed E-state index contributed by atoms with van der Waals surface area (Å²) in [6, 6.07) is 6.30. The van der Waals surface area contributed by atoms with E-state index in [0.717, 1.165) is 18.7 Å². The predicted molar refractivity (Wildman–Crippen MR) is 62.1 cm³/mol. The minimum absolute atomic E-state index is 0.0510. The summed E-state index contributed by atoms with van der Waals surface area (Å²) in [5.41, 5.74) is 0.928. The van der Waals surface area contributed by atoms with Gasteiger partial charge in [0.1, 0.15) is 11.9 Å². The number of nitrogens with zero attached hydrogens (tertiary/aromatic N) is 2. The fraction of sp³-hybridized carbons (Fsp3) is 0.385. The fourth-order valence-electron chi connectivity index (χ4n) is 2.20. The van der Waals surface area contributed by atoms with Crippen LogP contribution < -0.4 is 0 Å². The van der Waals surface area contributed by atoms with E-state index in [1.54, 1.807) is 12.1 Å². The Morgan fingerprint density at radius 2 is 2.28 bits per heavy atom. The van der Waals surface area contributed by atoms with Gasteiger partial charge in [0.2, 0.25) is 0 Å². The van der Waals surface area contributed by atoms with E-state index in [-0.39, 0.29) is 17.9 Å². The molecule has 18 heavy (non-hydrogen) atoms. The van der Waals surface area contributed by atoms with E-state index in [9.17, 15) is 9.18 Å². The predicted octanol–water partition coefficient (Wildman–Crippen LogP) is 1.60. The molecule has 1 aliphatic heterocycles. The van der Waals surface area contributed by atoms with Gasteiger partial charge in [-0.3, -0.25) is 9.69 Å². The van der Waals surface area contributed by atoms with Crippen molar-refractivity contribution >= 4 is 5.97 Å². The summed E-state index contributed by atoms with van der Waals surface area (Å²) in [6.07, 6.45) is 0.198. The van der Waals surface area contributed by atoms with Crippen molar-refractivity contribution in [1.29, 1.82) is 5.26 Å². The van der Waals surface area contributed by atoms with Crippen LogP contribution in [-0.4, -0.2) is 29.1 Å². The zero-order valence-electron chi connectivity index (χ0n) is 9.77. The lowest BCUT2D eigenvalue weighted by Crippen LogP contribution is -2.46. The van der Waals surface area contributed by atoms with E-state index in [2.05, 4.69) is 4.90 Å². The van der Waals surface area contributed by atoms with Gasteiger partial charge in [-0.15, -0.1) is 0 Å². The minimum atomic E-state index is -0.770.